The summed E-state index contributed by atoms with van der Waals surface area (Å²) in [6, 6.07) is 0. The van der Waals surface area contributed by atoms with Gasteiger partial charge in [0.25, 0.3) is 0 Å². The molecule has 1 fully saturated rings. The molecule has 1 heteroatoms. The largest absolute Gasteiger partial charge is 0.325 e. The SMILES string of the molecule is CCC1=CCC2(C)CCC(N)(C(C)C)C2CC1. The Morgan fingerprint density at radius 1 is 1.41 bits per heavy atom. The summed E-state index contributed by atoms with van der Waals surface area (Å²) in [6.07, 6.45) is 10.1. The molecule has 3 atom stereocenters. The molecule has 2 aliphatic rings. The number of rotatable bonds is 2. The van der Waals surface area contributed by atoms with Crippen molar-refractivity contribution >= 4 is 0 Å². The van der Waals surface area contributed by atoms with E-state index in [2.05, 4.69) is 33.8 Å². The second-order valence-corrected chi connectivity index (χ2v) is 6.93. The van der Waals surface area contributed by atoms with Crippen LogP contribution in [-0.4, -0.2) is 5.54 Å². The Bertz CT molecular complexity index is 317. The molecule has 0 aromatic carbocycles. The Morgan fingerprint density at radius 3 is 2.71 bits per heavy atom. The second kappa shape index (κ2) is 4.42. The van der Waals surface area contributed by atoms with Gasteiger partial charge in [0.05, 0.1) is 0 Å². The van der Waals surface area contributed by atoms with Crippen LogP contribution in [0.25, 0.3) is 0 Å². The minimum absolute atomic E-state index is 0.0891. The van der Waals surface area contributed by atoms with Gasteiger partial charge >= 0.3 is 0 Å². The van der Waals surface area contributed by atoms with Crippen molar-refractivity contribution < 1.29 is 0 Å². The maximum atomic E-state index is 6.77. The van der Waals surface area contributed by atoms with Crippen molar-refractivity contribution in [3.05, 3.63) is 11.6 Å². The smallest absolute Gasteiger partial charge is 0.0211 e. The highest BCUT2D eigenvalue weighted by molar-refractivity contribution is 5.15. The molecule has 98 valence electrons. The van der Waals surface area contributed by atoms with E-state index in [-0.39, 0.29) is 5.54 Å². The van der Waals surface area contributed by atoms with Gasteiger partial charge in [0.2, 0.25) is 0 Å². The lowest BCUT2D eigenvalue weighted by molar-refractivity contribution is 0.133. The summed E-state index contributed by atoms with van der Waals surface area (Å²) in [7, 11) is 0. The summed E-state index contributed by atoms with van der Waals surface area (Å²) in [4.78, 5) is 0. The average Bonchev–Trinajstić information content (AvgIpc) is 2.46. The predicted molar refractivity (Wildman–Crippen MR) is 74.8 cm³/mol. The summed E-state index contributed by atoms with van der Waals surface area (Å²) in [5, 5.41) is 0. The molecule has 17 heavy (non-hydrogen) atoms. The Hall–Kier alpha value is -0.300. The summed E-state index contributed by atoms with van der Waals surface area (Å²) in [5.74, 6) is 1.33. The zero-order valence-electron chi connectivity index (χ0n) is 12.1. The number of fused-ring (bicyclic) bond motifs is 1. The third-order valence-corrected chi connectivity index (χ3v) is 5.76. The van der Waals surface area contributed by atoms with Crippen LogP contribution in [0.15, 0.2) is 11.6 Å². The van der Waals surface area contributed by atoms with Gasteiger partial charge in [0.1, 0.15) is 0 Å². The van der Waals surface area contributed by atoms with E-state index in [9.17, 15) is 0 Å². The standard InChI is InChI=1S/C16H29N/c1-5-13-6-7-14-15(4,9-8-13)10-11-16(14,17)12(2)3/h8,12,14H,5-7,9-11,17H2,1-4H3. The fourth-order valence-corrected chi connectivity index (χ4v) is 4.18. The number of allylic oxidation sites excluding steroid dienone is 2. The lowest BCUT2D eigenvalue weighted by Gasteiger charge is -2.41. The monoisotopic (exact) mass is 235 g/mol. The Balaban J connectivity index is 2.25. The van der Waals surface area contributed by atoms with Crippen LogP contribution in [0.4, 0.5) is 0 Å². The zero-order chi connectivity index (χ0) is 12.7. The molecule has 0 heterocycles. The molecule has 0 bridgehead atoms. The van der Waals surface area contributed by atoms with E-state index in [1.807, 2.05) is 0 Å². The maximum Gasteiger partial charge on any atom is 0.0211 e. The molecule has 2 rings (SSSR count). The summed E-state index contributed by atoms with van der Waals surface area (Å²) in [5.41, 5.74) is 8.99. The van der Waals surface area contributed by atoms with E-state index >= 15 is 0 Å². The van der Waals surface area contributed by atoms with Crippen LogP contribution in [0, 0.1) is 17.3 Å². The zero-order valence-corrected chi connectivity index (χ0v) is 12.1. The Labute approximate surface area is 107 Å². The third kappa shape index (κ3) is 2.07. The van der Waals surface area contributed by atoms with Gasteiger partial charge in [0, 0.05) is 5.54 Å². The molecule has 1 saturated carbocycles. The summed E-state index contributed by atoms with van der Waals surface area (Å²) in [6.45, 7) is 9.38. The first kappa shape index (κ1) is 13.1. The predicted octanol–water partition coefficient (Wildman–Crippen LogP) is 4.28. The van der Waals surface area contributed by atoms with Gasteiger partial charge in [-0.3, -0.25) is 0 Å². The van der Waals surface area contributed by atoms with Crippen LogP contribution in [-0.2, 0) is 0 Å². The highest BCUT2D eigenvalue weighted by atomic mass is 14.8. The third-order valence-electron chi connectivity index (χ3n) is 5.76. The molecule has 2 aliphatic carbocycles. The lowest BCUT2D eigenvalue weighted by atomic mass is 9.68. The van der Waals surface area contributed by atoms with Gasteiger partial charge in [-0.05, 0) is 55.8 Å². The summed E-state index contributed by atoms with van der Waals surface area (Å²) < 4.78 is 0. The average molecular weight is 235 g/mol. The van der Waals surface area contributed by atoms with Gasteiger partial charge in [-0.1, -0.05) is 39.3 Å². The first-order valence-electron chi connectivity index (χ1n) is 7.39. The Kier molecular flexibility index (Phi) is 3.42. The summed E-state index contributed by atoms with van der Waals surface area (Å²) >= 11 is 0. The van der Waals surface area contributed by atoms with Crippen LogP contribution >= 0.6 is 0 Å². The molecule has 1 nitrogen and oxygen atoms in total. The molecular formula is C16H29N. The van der Waals surface area contributed by atoms with Crippen molar-refractivity contribution in [2.45, 2.75) is 71.8 Å². The van der Waals surface area contributed by atoms with E-state index in [0.29, 0.717) is 11.3 Å². The Morgan fingerprint density at radius 2 is 2.12 bits per heavy atom. The minimum Gasteiger partial charge on any atom is -0.325 e. The molecule has 0 aliphatic heterocycles. The van der Waals surface area contributed by atoms with E-state index in [0.717, 1.165) is 5.92 Å². The van der Waals surface area contributed by atoms with Gasteiger partial charge in [0.15, 0.2) is 0 Å². The minimum atomic E-state index is 0.0891. The van der Waals surface area contributed by atoms with Gasteiger partial charge in [-0.2, -0.15) is 0 Å². The van der Waals surface area contributed by atoms with Crippen LogP contribution in [0.3, 0.4) is 0 Å². The van der Waals surface area contributed by atoms with Crippen LogP contribution in [0.2, 0.25) is 0 Å². The normalized spacial score (nSPS) is 42.2. The van der Waals surface area contributed by atoms with Crippen LogP contribution < -0.4 is 5.73 Å². The molecule has 0 spiro atoms. The highest BCUT2D eigenvalue weighted by Crippen LogP contribution is 2.56. The first-order chi connectivity index (χ1) is 7.92. The molecule has 0 amide bonds. The van der Waals surface area contributed by atoms with E-state index in [4.69, 9.17) is 5.73 Å². The van der Waals surface area contributed by atoms with Crippen molar-refractivity contribution in [1.82, 2.24) is 0 Å². The fraction of sp³-hybridized carbons (Fsp3) is 0.875. The number of hydrogen-bond donors (Lipinski definition) is 1. The quantitative estimate of drug-likeness (QED) is 0.710. The molecule has 0 aromatic heterocycles. The fourth-order valence-electron chi connectivity index (χ4n) is 4.18. The molecule has 3 unspecified atom stereocenters. The van der Waals surface area contributed by atoms with Crippen molar-refractivity contribution in [1.29, 1.82) is 0 Å². The van der Waals surface area contributed by atoms with Gasteiger partial charge < -0.3 is 5.73 Å². The number of hydrogen-bond acceptors (Lipinski definition) is 1. The number of nitrogens with two attached hydrogens (primary N) is 1. The van der Waals surface area contributed by atoms with Crippen molar-refractivity contribution in [3.63, 3.8) is 0 Å². The molecule has 0 radical (unpaired) electrons. The van der Waals surface area contributed by atoms with Gasteiger partial charge in [-0.15, -0.1) is 0 Å². The maximum absolute atomic E-state index is 6.77. The molecular weight excluding hydrogens is 206 g/mol. The van der Waals surface area contributed by atoms with Crippen molar-refractivity contribution in [2.75, 3.05) is 0 Å². The molecule has 0 saturated heterocycles. The lowest BCUT2D eigenvalue weighted by Crippen LogP contribution is -2.51. The van der Waals surface area contributed by atoms with Crippen molar-refractivity contribution in [2.24, 2.45) is 23.0 Å². The molecule has 0 aromatic rings. The molecule has 2 N–H and O–H groups in total. The van der Waals surface area contributed by atoms with E-state index in [1.54, 1.807) is 5.57 Å². The topological polar surface area (TPSA) is 26.0 Å². The van der Waals surface area contributed by atoms with E-state index < -0.39 is 0 Å². The highest BCUT2D eigenvalue weighted by Gasteiger charge is 2.53. The van der Waals surface area contributed by atoms with Crippen LogP contribution in [0.5, 0.6) is 0 Å². The van der Waals surface area contributed by atoms with E-state index in [1.165, 1.54) is 38.5 Å². The van der Waals surface area contributed by atoms with Crippen molar-refractivity contribution in [3.8, 4) is 0 Å². The first-order valence-corrected chi connectivity index (χ1v) is 7.39. The van der Waals surface area contributed by atoms with Gasteiger partial charge in [-0.25, -0.2) is 0 Å². The second-order valence-electron chi connectivity index (χ2n) is 6.93. The van der Waals surface area contributed by atoms with Crippen LogP contribution in [0.1, 0.15) is 66.2 Å².